The number of hydrogen-bond acceptors (Lipinski definition) is 23. The van der Waals surface area contributed by atoms with E-state index in [0.717, 1.165) is 115 Å². The minimum Gasteiger partial charge on any atom is -0.463 e. The molecular weight excluding hydrogens is 1320 g/mol. The second-order valence-electron chi connectivity index (χ2n) is 27.8. The Morgan fingerprint density at radius 2 is 0.780 bits per heavy atom. The number of phosphoric ester groups is 1. The highest BCUT2D eigenvalue weighted by molar-refractivity contribution is 7.47. The maximum atomic E-state index is 14.3. The normalized spacial score (nSPS) is 27.5. The molecule has 0 radical (unpaired) electrons. The fourth-order valence-corrected chi connectivity index (χ4v) is 13.6. The minimum absolute atomic E-state index is 0.0201. The van der Waals surface area contributed by atoms with Gasteiger partial charge in [0.2, 0.25) is 0 Å². The number of rotatable bonds is 60. The summed E-state index contributed by atoms with van der Waals surface area (Å²) in [4.78, 5) is 50.9. The zero-order chi connectivity index (χ0) is 73.2. The molecule has 0 amide bonds. The summed E-state index contributed by atoms with van der Waals surface area (Å²) < 4.78 is 64.9. The molecule has 3 rings (SSSR count). The van der Waals surface area contributed by atoms with Gasteiger partial charge in [0.25, 0.3) is 0 Å². The van der Waals surface area contributed by atoms with E-state index < -0.39 is 156 Å². The summed E-state index contributed by atoms with van der Waals surface area (Å²) in [7, 11) is -5.72. The summed E-state index contributed by atoms with van der Waals surface area (Å²) in [6.45, 7) is 3.33. The fourth-order valence-electron chi connectivity index (χ4n) is 12.7. The van der Waals surface area contributed by atoms with Gasteiger partial charge in [-0.15, -0.1) is 0 Å². The lowest BCUT2D eigenvalue weighted by atomic mass is 9.84. The Hall–Kier alpha value is -2.82. The zero-order valence-corrected chi connectivity index (χ0v) is 61.9. The number of hydrogen-bond donors (Lipinski definition) is 11. The van der Waals surface area contributed by atoms with E-state index in [4.69, 9.17) is 42.2 Å². The van der Waals surface area contributed by atoms with Gasteiger partial charge in [-0.25, -0.2) is 9.36 Å². The highest BCUT2D eigenvalue weighted by atomic mass is 31.2. The molecule has 18 unspecified atom stereocenters. The van der Waals surface area contributed by atoms with Crippen molar-refractivity contribution in [3.63, 3.8) is 0 Å². The molecule has 2 heterocycles. The molecule has 1 aliphatic carbocycles. The quantitative estimate of drug-likeness (QED) is 0.00512. The number of allylic oxidation sites excluding steroid dienone is 5. The average Bonchev–Trinajstić information content (AvgIpc) is 0.762. The van der Waals surface area contributed by atoms with Gasteiger partial charge in [0, 0.05) is 18.9 Å². The summed E-state index contributed by atoms with van der Waals surface area (Å²) in [5.41, 5.74) is 0. The van der Waals surface area contributed by atoms with Crippen LogP contribution in [0.4, 0.5) is 0 Å². The molecule has 2 aliphatic heterocycles. The number of aliphatic hydroxyl groups is 10. The molecular formula is C75H135O24P. The minimum atomic E-state index is -5.72. The number of carbonyl (C=O) groups is 3. The molecule has 584 valence electrons. The Morgan fingerprint density at radius 3 is 1.22 bits per heavy atom. The Labute approximate surface area is 597 Å². The van der Waals surface area contributed by atoms with Gasteiger partial charge in [-0.2, -0.15) is 0 Å². The van der Waals surface area contributed by atoms with Crippen LogP contribution in [0.5, 0.6) is 0 Å². The molecule has 0 aromatic carbocycles. The molecule has 0 aromatic heterocycles. The Morgan fingerprint density at radius 1 is 0.410 bits per heavy atom. The van der Waals surface area contributed by atoms with Crippen molar-refractivity contribution in [2.75, 3.05) is 26.4 Å². The van der Waals surface area contributed by atoms with Crippen LogP contribution in [-0.4, -0.2) is 204 Å². The van der Waals surface area contributed by atoms with E-state index in [2.05, 4.69) is 32.9 Å². The van der Waals surface area contributed by atoms with Crippen LogP contribution in [-0.2, 0) is 61.2 Å². The van der Waals surface area contributed by atoms with Crippen molar-refractivity contribution in [1.82, 2.24) is 0 Å². The molecule has 3 fully saturated rings. The number of esters is 3. The molecule has 25 heteroatoms. The van der Waals surface area contributed by atoms with Crippen LogP contribution in [0.2, 0.25) is 0 Å². The van der Waals surface area contributed by atoms with Crippen LogP contribution in [0, 0.1) is 0 Å². The Balaban J connectivity index is 1.74. The van der Waals surface area contributed by atoms with E-state index in [9.17, 15) is 74.9 Å². The highest BCUT2D eigenvalue weighted by Crippen LogP contribution is 2.49. The van der Waals surface area contributed by atoms with Gasteiger partial charge in [-0.3, -0.25) is 18.6 Å². The Kier molecular flexibility index (Phi) is 51.6. The van der Waals surface area contributed by atoms with Crippen molar-refractivity contribution in [2.24, 2.45) is 0 Å². The van der Waals surface area contributed by atoms with Gasteiger partial charge in [0.1, 0.15) is 98.7 Å². The van der Waals surface area contributed by atoms with E-state index in [0.29, 0.717) is 12.8 Å². The maximum Gasteiger partial charge on any atom is 0.472 e. The van der Waals surface area contributed by atoms with E-state index in [-0.39, 0.29) is 12.8 Å². The van der Waals surface area contributed by atoms with Crippen molar-refractivity contribution in [3.05, 3.63) is 36.5 Å². The van der Waals surface area contributed by atoms with Crippen LogP contribution in [0.3, 0.4) is 0 Å². The third kappa shape index (κ3) is 39.0. The van der Waals surface area contributed by atoms with Crippen LogP contribution in [0.1, 0.15) is 290 Å². The van der Waals surface area contributed by atoms with E-state index in [1.54, 1.807) is 6.08 Å². The first-order valence-electron chi connectivity index (χ1n) is 38.8. The summed E-state index contributed by atoms with van der Waals surface area (Å²) in [5.74, 6) is -2.24. The van der Waals surface area contributed by atoms with E-state index >= 15 is 0 Å². The summed E-state index contributed by atoms with van der Waals surface area (Å²) in [6.07, 6.45) is 19.8. The largest absolute Gasteiger partial charge is 0.472 e. The van der Waals surface area contributed by atoms with Gasteiger partial charge < -0.3 is 89.1 Å². The maximum absolute atomic E-state index is 14.3. The van der Waals surface area contributed by atoms with Crippen molar-refractivity contribution >= 4 is 25.7 Å². The molecule has 100 heavy (non-hydrogen) atoms. The van der Waals surface area contributed by atoms with Gasteiger partial charge in [0.15, 0.2) is 18.7 Å². The predicted octanol–water partition coefficient (Wildman–Crippen LogP) is 11.1. The fraction of sp³-hybridized carbons (Fsp3) is 0.880. The molecule has 1 saturated carbocycles. The van der Waals surface area contributed by atoms with E-state index in [1.807, 2.05) is 6.08 Å². The van der Waals surface area contributed by atoms with Crippen LogP contribution >= 0.6 is 7.82 Å². The average molecular weight is 1450 g/mol. The first kappa shape index (κ1) is 91.4. The lowest BCUT2D eigenvalue weighted by molar-refractivity contribution is -0.360. The third-order valence-electron chi connectivity index (χ3n) is 19.0. The van der Waals surface area contributed by atoms with Gasteiger partial charge >= 0.3 is 25.7 Å². The number of phosphoric acid groups is 1. The molecule has 24 nitrogen and oxygen atoms in total. The van der Waals surface area contributed by atoms with Gasteiger partial charge in [-0.05, 0) is 51.4 Å². The third-order valence-corrected chi connectivity index (χ3v) is 20.0. The Bertz CT molecular complexity index is 2210. The predicted molar refractivity (Wildman–Crippen MR) is 379 cm³/mol. The van der Waals surface area contributed by atoms with Crippen LogP contribution in [0.15, 0.2) is 36.5 Å². The number of ether oxygens (including phenoxy) is 7. The molecule has 2 saturated heterocycles. The van der Waals surface area contributed by atoms with Crippen molar-refractivity contribution in [1.29, 1.82) is 0 Å². The summed E-state index contributed by atoms with van der Waals surface area (Å²) in [6, 6.07) is 0. The zero-order valence-electron chi connectivity index (χ0n) is 61.0. The monoisotopic (exact) mass is 1450 g/mol. The second kappa shape index (κ2) is 56.5. The topological polar surface area (TPSA) is 374 Å². The van der Waals surface area contributed by atoms with Crippen LogP contribution in [0.25, 0.3) is 0 Å². The molecule has 0 aromatic rings. The van der Waals surface area contributed by atoms with Crippen molar-refractivity contribution in [3.8, 4) is 0 Å². The molecule has 3 aliphatic rings. The smallest absolute Gasteiger partial charge is 0.463 e. The van der Waals surface area contributed by atoms with E-state index in [1.165, 1.54) is 141 Å². The van der Waals surface area contributed by atoms with Gasteiger partial charge in [0.05, 0.1) is 13.2 Å². The standard InChI is InChI=1S/C75H135O24P/c1-4-7-10-13-16-19-22-25-28-31-34-37-40-43-46-49-59(77)91-53-56(94-61(79)51-48-45-42-39-36-33-30-27-24-21-18-15-12-9-6-3)54-93-100(89,90)99-73-71(97-74-69(87)64(82)62(80)57(52-76)95-74)67(85)66(84)68(86)72(73)98-75-70(88)65(83)63(81)58(96-75)55-92-60(78)50-47-44-41-38-35-32-29-26-23-20-17-14-11-8-5-2/h20,23,40,43,46,49,56-58,62-76,80-88H,4-19,21-22,24-39,41-42,44-45,47-48,50-55H2,1-3H3,(H,89,90)/b23-20-,43-40+,49-46+. The molecule has 0 spiro atoms. The first-order chi connectivity index (χ1) is 48.3. The van der Waals surface area contributed by atoms with Crippen LogP contribution < -0.4 is 0 Å². The molecule has 0 bridgehead atoms. The lowest BCUT2D eigenvalue weighted by Crippen LogP contribution is -2.69. The van der Waals surface area contributed by atoms with Gasteiger partial charge in [-0.1, -0.05) is 257 Å². The summed E-state index contributed by atoms with van der Waals surface area (Å²) in [5, 5.41) is 110. The molecule has 11 N–H and O–H groups in total. The first-order valence-corrected chi connectivity index (χ1v) is 40.3. The second-order valence-corrected chi connectivity index (χ2v) is 29.2. The van der Waals surface area contributed by atoms with Crippen molar-refractivity contribution < 1.29 is 117 Å². The number of unbranched alkanes of at least 4 members (excludes halogenated alkanes) is 36. The summed E-state index contributed by atoms with van der Waals surface area (Å²) >= 11 is 0. The number of carbonyl (C=O) groups excluding carboxylic acids is 3. The highest BCUT2D eigenvalue weighted by Gasteiger charge is 2.58. The van der Waals surface area contributed by atoms with Crippen molar-refractivity contribution in [2.45, 2.75) is 395 Å². The SMILES string of the molecule is CCCCCC/C=C\CCCCCCCCCC(=O)OCC1OC(OC2C(O)C(O)C(O)C(OC3OC(CO)C(O)C(O)C3O)C2OP(=O)(O)OCC(COC(=O)/C=C/C=C/CCCCCCCCCCCCC)OC(=O)CCCCCCCCCCCCCCCCC)C(O)C(O)C1O. The number of aliphatic hydroxyl groups excluding tert-OH is 10. The molecule has 18 atom stereocenters. The lowest BCUT2D eigenvalue weighted by Gasteiger charge is -2.49.